The SMILES string of the molecule is NCC1(NCC(F)(F)F)CCC(c2ccccc2)CC1. The van der Waals surface area contributed by atoms with Crippen molar-refractivity contribution in [2.24, 2.45) is 5.73 Å². The molecule has 1 aliphatic rings. The van der Waals surface area contributed by atoms with Crippen LogP contribution in [-0.2, 0) is 0 Å². The van der Waals surface area contributed by atoms with Gasteiger partial charge in [-0.1, -0.05) is 30.3 Å². The predicted octanol–water partition coefficient (Wildman–Crippen LogP) is 3.19. The van der Waals surface area contributed by atoms with E-state index >= 15 is 0 Å². The third kappa shape index (κ3) is 3.96. The third-order valence-electron chi connectivity index (χ3n) is 4.27. The van der Waals surface area contributed by atoms with Crippen molar-refractivity contribution in [2.75, 3.05) is 13.1 Å². The molecule has 0 atom stereocenters. The summed E-state index contributed by atoms with van der Waals surface area (Å²) in [5.41, 5.74) is 6.44. The monoisotopic (exact) mass is 286 g/mol. The van der Waals surface area contributed by atoms with E-state index in [2.05, 4.69) is 17.4 Å². The fourth-order valence-corrected chi connectivity index (χ4v) is 2.97. The normalized spacial score (nSPS) is 27.5. The highest BCUT2D eigenvalue weighted by Gasteiger charge is 2.38. The van der Waals surface area contributed by atoms with Gasteiger partial charge in [-0.05, 0) is 37.2 Å². The minimum absolute atomic E-state index is 0.255. The molecule has 1 aliphatic carbocycles. The van der Waals surface area contributed by atoms with Gasteiger partial charge in [0, 0.05) is 12.1 Å². The highest BCUT2D eigenvalue weighted by atomic mass is 19.4. The number of hydrogen-bond donors (Lipinski definition) is 2. The van der Waals surface area contributed by atoms with Crippen molar-refractivity contribution in [1.29, 1.82) is 0 Å². The maximum absolute atomic E-state index is 12.4. The molecule has 0 amide bonds. The highest BCUT2D eigenvalue weighted by Crippen LogP contribution is 2.37. The van der Waals surface area contributed by atoms with Gasteiger partial charge in [-0.3, -0.25) is 0 Å². The van der Waals surface area contributed by atoms with E-state index in [1.807, 2.05) is 18.2 Å². The molecule has 0 aromatic heterocycles. The quantitative estimate of drug-likeness (QED) is 0.892. The van der Waals surface area contributed by atoms with Crippen LogP contribution in [0.4, 0.5) is 13.2 Å². The molecule has 1 aromatic rings. The van der Waals surface area contributed by atoms with Crippen molar-refractivity contribution >= 4 is 0 Å². The summed E-state index contributed by atoms with van der Waals surface area (Å²) in [5, 5.41) is 2.65. The van der Waals surface area contributed by atoms with Gasteiger partial charge in [-0.2, -0.15) is 13.2 Å². The van der Waals surface area contributed by atoms with Crippen LogP contribution in [0.25, 0.3) is 0 Å². The summed E-state index contributed by atoms with van der Waals surface area (Å²) in [6.07, 6.45) is -1.03. The zero-order chi connectivity index (χ0) is 14.6. The summed E-state index contributed by atoms with van der Waals surface area (Å²) in [7, 11) is 0. The van der Waals surface area contributed by atoms with Gasteiger partial charge in [-0.15, -0.1) is 0 Å². The van der Waals surface area contributed by atoms with Crippen molar-refractivity contribution in [1.82, 2.24) is 5.32 Å². The van der Waals surface area contributed by atoms with Crippen LogP contribution in [0.15, 0.2) is 30.3 Å². The molecule has 0 radical (unpaired) electrons. The second kappa shape index (κ2) is 6.14. The smallest absolute Gasteiger partial charge is 0.329 e. The van der Waals surface area contributed by atoms with E-state index in [0.29, 0.717) is 18.8 Å². The largest absolute Gasteiger partial charge is 0.401 e. The highest BCUT2D eigenvalue weighted by molar-refractivity contribution is 5.20. The first-order valence-corrected chi connectivity index (χ1v) is 7.01. The second-order valence-corrected chi connectivity index (χ2v) is 5.64. The Hall–Kier alpha value is -1.07. The molecule has 0 unspecified atom stereocenters. The summed E-state index contributed by atoms with van der Waals surface area (Å²) in [5.74, 6) is 0.434. The number of benzene rings is 1. The third-order valence-corrected chi connectivity index (χ3v) is 4.27. The van der Waals surface area contributed by atoms with Crippen LogP contribution in [0.3, 0.4) is 0 Å². The molecule has 20 heavy (non-hydrogen) atoms. The van der Waals surface area contributed by atoms with Gasteiger partial charge in [0.05, 0.1) is 6.54 Å². The molecule has 0 saturated heterocycles. The molecule has 1 aromatic carbocycles. The topological polar surface area (TPSA) is 38.0 Å². The lowest BCUT2D eigenvalue weighted by Gasteiger charge is -2.40. The van der Waals surface area contributed by atoms with E-state index in [9.17, 15) is 13.2 Å². The van der Waals surface area contributed by atoms with Crippen molar-refractivity contribution in [3.63, 3.8) is 0 Å². The first kappa shape index (κ1) is 15.3. The van der Waals surface area contributed by atoms with Gasteiger partial charge in [-0.25, -0.2) is 0 Å². The molecule has 0 heterocycles. The van der Waals surface area contributed by atoms with Crippen molar-refractivity contribution < 1.29 is 13.2 Å². The molecule has 3 N–H and O–H groups in total. The van der Waals surface area contributed by atoms with E-state index < -0.39 is 18.3 Å². The predicted molar refractivity (Wildman–Crippen MR) is 73.5 cm³/mol. The minimum atomic E-state index is -4.18. The lowest BCUT2D eigenvalue weighted by atomic mass is 9.74. The number of nitrogens with one attached hydrogen (secondary N) is 1. The van der Waals surface area contributed by atoms with Crippen molar-refractivity contribution in [3.05, 3.63) is 35.9 Å². The van der Waals surface area contributed by atoms with Crippen LogP contribution < -0.4 is 11.1 Å². The van der Waals surface area contributed by atoms with Gasteiger partial charge in [0.2, 0.25) is 0 Å². The van der Waals surface area contributed by atoms with E-state index in [1.54, 1.807) is 0 Å². The minimum Gasteiger partial charge on any atom is -0.329 e. The van der Waals surface area contributed by atoms with Crippen molar-refractivity contribution in [3.8, 4) is 0 Å². The Bertz CT molecular complexity index is 409. The van der Waals surface area contributed by atoms with Crippen molar-refractivity contribution in [2.45, 2.75) is 43.3 Å². The molecule has 0 aliphatic heterocycles. The molecule has 1 fully saturated rings. The lowest BCUT2D eigenvalue weighted by molar-refractivity contribution is -0.129. The molecular weight excluding hydrogens is 265 g/mol. The van der Waals surface area contributed by atoms with Crippen LogP contribution in [0, 0.1) is 0 Å². The number of rotatable bonds is 4. The van der Waals surface area contributed by atoms with Crippen LogP contribution in [0.1, 0.15) is 37.2 Å². The Labute approximate surface area is 117 Å². The van der Waals surface area contributed by atoms with E-state index in [1.165, 1.54) is 5.56 Å². The number of alkyl halides is 3. The Morgan fingerprint density at radius 2 is 1.75 bits per heavy atom. The van der Waals surface area contributed by atoms with E-state index in [0.717, 1.165) is 12.8 Å². The van der Waals surface area contributed by atoms with E-state index in [4.69, 9.17) is 5.73 Å². The van der Waals surface area contributed by atoms with Crippen LogP contribution in [0.5, 0.6) is 0 Å². The molecular formula is C15H21F3N2. The fraction of sp³-hybridized carbons (Fsp3) is 0.600. The Balaban J connectivity index is 1.94. The first-order chi connectivity index (χ1) is 9.44. The summed E-state index contributed by atoms with van der Waals surface area (Å²) in [6, 6.07) is 10.2. The lowest BCUT2D eigenvalue weighted by Crippen LogP contribution is -2.55. The number of halogens is 3. The Morgan fingerprint density at radius 1 is 1.15 bits per heavy atom. The zero-order valence-electron chi connectivity index (χ0n) is 11.4. The van der Waals surface area contributed by atoms with Gasteiger partial charge in [0.25, 0.3) is 0 Å². The molecule has 1 saturated carbocycles. The van der Waals surface area contributed by atoms with E-state index in [-0.39, 0.29) is 6.54 Å². The zero-order valence-corrected chi connectivity index (χ0v) is 11.4. The Kier molecular flexibility index (Phi) is 4.70. The maximum atomic E-state index is 12.4. The second-order valence-electron chi connectivity index (χ2n) is 5.64. The standard InChI is InChI=1S/C15H21F3N2/c16-15(17,18)11-20-14(10-19)8-6-13(7-9-14)12-4-2-1-3-5-12/h1-5,13,20H,6-11,19H2. The summed E-state index contributed by atoms with van der Waals surface area (Å²) in [4.78, 5) is 0. The molecule has 0 spiro atoms. The van der Waals surface area contributed by atoms with Gasteiger partial charge in [0.15, 0.2) is 0 Å². The van der Waals surface area contributed by atoms with Crippen LogP contribution in [-0.4, -0.2) is 24.8 Å². The maximum Gasteiger partial charge on any atom is 0.401 e. The number of hydrogen-bond acceptors (Lipinski definition) is 2. The molecule has 0 bridgehead atoms. The number of nitrogens with two attached hydrogens (primary N) is 1. The molecule has 2 nitrogen and oxygen atoms in total. The summed E-state index contributed by atoms with van der Waals surface area (Å²) < 4.78 is 37.1. The molecule has 112 valence electrons. The first-order valence-electron chi connectivity index (χ1n) is 7.01. The fourth-order valence-electron chi connectivity index (χ4n) is 2.97. The average molecular weight is 286 g/mol. The average Bonchev–Trinajstić information content (AvgIpc) is 2.46. The summed E-state index contributed by atoms with van der Waals surface area (Å²) in [6.45, 7) is -0.704. The Morgan fingerprint density at radius 3 is 2.25 bits per heavy atom. The van der Waals surface area contributed by atoms with Gasteiger partial charge >= 0.3 is 6.18 Å². The van der Waals surface area contributed by atoms with Crippen LogP contribution >= 0.6 is 0 Å². The van der Waals surface area contributed by atoms with Gasteiger partial charge < -0.3 is 11.1 Å². The van der Waals surface area contributed by atoms with Gasteiger partial charge in [0.1, 0.15) is 0 Å². The molecule has 5 heteroatoms. The van der Waals surface area contributed by atoms with Crippen LogP contribution in [0.2, 0.25) is 0 Å². The molecule has 2 rings (SSSR count). The summed E-state index contributed by atoms with van der Waals surface area (Å²) >= 11 is 0.